The molecule has 1 aliphatic carbocycles. The van der Waals surface area contributed by atoms with Gasteiger partial charge in [-0.25, -0.2) is 9.67 Å². The number of hydrogen-bond donors (Lipinski definition) is 1. The number of amides is 1. The molecule has 1 aliphatic rings. The number of nitrogens with two attached hydrogens (primary N) is 1. The first kappa shape index (κ1) is 16.5. The number of aromatic nitrogens is 5. The second-order valence-electron chi connectivity index (χ2n) is 6.75. The van der Waals surface area contributed by atoms with Crippen molar-refractivity contribution in [2.24, 2.45) is 5.73 Å². The average molecular weight is 350 g/mol. The number of aryl methyl sites for hydroxylation is 5. The molecule has 4 rings (SSSR count). The summed E-state index contributed by atoms with van der Waals surface area (Å²) in [7, 11) is 0. The van der Waals surface area contributed by atoms with E-state index in [1.54, 1.807) is 6.20 Å². The largest absolute Gasteiger partial charge is 0.369 e. The van der Waals surface area contributed by atoms with Crippen LogP contribution in [0.15, 0.2) is 30.5 Å². The highest BCUT2D eigenvalue weighted by atomic mass is 16.1. The van der Waals surface area contributed by atoms with Gasteiger partial charge in [0.1, 0.15) is 5.82 Å². The summed E-state index contributed by atoms with van der Waals surface area (Å²) in [5, 5.41) is 8.86. The van der Waals surface area contributed by atoms with Gasteiger partial charge in [0.05, 0.1) is 12.1 Å². The Labute approximate surface area is 151 Å². The molecule has 0 aliphatic heterocycles. The molecule has 0 spiro atoms. The minimum absolute atomic E-state index is 0.0474. The quantitative estimate of drug-likeness (QED) is 0.730. The van der Waals surface area contributed by atoms with Crippen molar-refractivity contribution < 1.29 is 4.79 Å². The van der Waals surface area contributed by atoms with E-state index >= 15 is 0 Å². The number of carbonyl (C=O) groups is 1. The van der Waals surface area contributed by atoms with Gasteiger partial charge in [-0.1, -0.05) is 6.07 Å². The summed E-state index contributed by atoms with van der Waals surface area (Å²) in [5.41, 5.74) is 10.2. The molecule has 0 bridgehead atoms. The number of carbonyl (C=O) groups excluding carboxylic acids is 1. The van der Waals surface area contributed by atoms with Crippen LogP contribution < -0.4 is 5.73 Å². The van der Waals surface area contributed by atoms with Crippen LogP contribution in [-0.2, 0) is 37.0 Å². The lowest BCUT2D eigenvalue weighted by atomic mass is 10.1. The van der Waals surface area contributed by atoms with E-state index in [-0.39, 0.29) is 6.42 Å². The Morgan fingerprint density at radius 1 is 1.23 bits per heavy atom. The molecule has 2 aromatic heterocycles. The molecule has 0 fully saturated rings. The number of nitrogens with zero attached hydrogens (tertiary/aromatic N) is 5. The van der Waals surface area contributed by atoms with E-state index in [0.29, 0.717) is 18.8 Å². The first-order valence-electron chi connectivity index (χ1n) is 8.94. The van der Waals surface area contributed by atoms with E-state index in [1.165, 1.54) is 17.5 Å². The van der Waals surface area contributed by atoms with Crippen LogP contribution in [0.25, 0.3) is 5.69 Å². The van der Waals surface area contributed by atoms with Crippen molar-refractivity contribution in [2.75, 3.05) is 0 Å². The van der Waals surface area contributed by atoms with Crippen LogP contribution in [0.5, 0.6) is 0 Å². The highest BCUT2D eigenvalue weighted by molar-refractivity contribution is 5.75. The molecule has 3 aromatic rings. The second-order valence-corrected chi connectivity index (χ2v) is 6.75. The van der Waals surface area contributed by atoms with E-state index in [0.717, 1.165) is 30.0 Å². The maximum Gasteiger partial charge on any atom is 0.225 e. The lowest BCUT2D eigenvalue weighted by Gasteiger charge is -2.09. The Hall–Kier alpha value is -2.96. The van der Waals surface area contributed by atoms with Crippen LogP contribution in [0, 0.1) is 6.92 Å². The molecule has 0 saturated heterocycles. The Kier molecular flexibility index (Phi) is 4.28. The zero-order valence-electron chi connectivity index (χ0n) is 14.9. The zero-order valence-corrected chi connectivity index (χ0v) is 14.9. The number of rotatable bonds is 6. The summed E-state index contributed by atoms with van der Waals surface area (Å²) in [6.07, 6.45) is 5.96. The van der Waals surface area contributed by atoms with Crippen molar-refractivity contribution in [1.29, 1.82) is 0 Å². The second kappa shape index (κ2) is 6.74. The maximum atomic E-state index is 11.3. The fourth-order valence-corrected chi connectivity index (χ4v) is 3.52. The first-order chi connectivity index (χ1) is 12.6. The van der Waals surface area contributed by atoms with Gasteiger partial charge >= 0.3 is 0 Å². The van der Waals surface area contributed by atoms with Crippen LogP contribution in [0.2, 0.25) is 0 Å². The normalized spacial score (nSPS) is 13.1. The Morgan fingerprint density at radius 2 is 2.08 bits per heavy atom. The topological polar surface area (TPSA) is 91.6 Å². The molecule has 0 radical (unpaired) electrons. The van der Waals surface area contributed by atoms with Gasteiger partial charge in [-0.2, -0.15) is 10.2 Å². The highest BCUT2D eigenvalue weighted by Gasteiger charge is 2.17. The molecule has 2 heterocycles. The van der Waals surface area contributed by atoms with E-state index < -0.39 is 5.91 Å². The molecule has 0 saturated carbocycles. The number of hydrogen-bond acceptors (Lipinski definition) is 4. The predicted molar refractivity (Wildman–Crippen MR) is 97.0 cm³/mol. The van der Waals surface area contributed by atoms with E-state index in [1.807, 2.05) is 22.4 Å². The SMILES string of the molecule is Cc1ccnn1CCc1nc(CC(N)=O)nn1-c1ccc2c(c1)CCC2. The van der Waals surface area contributed by atoms with E-state index in [4.69, 9.17) is 5.73 Å². The average Bonchev–Trinajstić information content (AvgIpc) is 3.31. The van der Waals surface area contributed by atoms with Gasteiger partial charge in [0.15, 0.2) is 5.82 Å². The smallest absolute Gasteiger partial charge is 0.225 e. The van der Waals surface area contributed by atoms with Gasteiger partial charge in [-0.05, 0) is 55.5 Å². The fourth-order valence-electron chi connectivity index (χ4n) is 3.52. The minimum atomic E-state index is -0.425. The van der Waals surface area contributed by atoms with Crippen LogP contribution in [0.1, 0.15) is 34.9 Å². The van der Waals surface area contributed by atoms with Crippen LogP contribution >= 0.6 is 0 Å². The van der Waals surface area contributed by atoms with Crippen molar-refractivity contribution in [1.82, 2.24) is 24.5 Å². The number of primary amides is 1. The molecule has 0 unspecified atom stereocenters. The van der Waals surface area contributed by atoms with Gasteiger partial charge in [0, 0.05) is 24.9 Å². The fraction of sp³-hybridized carbons (Fsp3) is 0.368. The molecular formula is C19H22N6O. The summed E-state index contributed by atoms with van der Waals surface area (Å²) in [5.74, 6) is 0.852. The molecule has 2 N–H and O–H groups in total. The Balaban J connectivity index is 1.66. The van der Waals surface area contributed by atoms with Crippen molar-refractivity contribution in [3.63, 3.8) is 0 Å². The first-order valence-corrected chi connectivity index (χ1v) is 8.94. The standard InChI is InChI=1S/C19H22N6O/c1-13-7-9-21-24(13)10-8-19-22-18(12-17(20)26)23-25(19)16-6-5-14-3-2-4-15(14)11-16/h5-7,9,11H,2-4,8,10,12H2,1H3,(H2,20,26). The Bertz CT molecular complexity index is 955. The van der Waals surface area contributed by atoms with Crippen LogP contribution in [-0.4, -0.2) is 30.5 Å². The molecular weight excluding hydrogens is 328 g/mol. The third kappa shape index (κ3) is 3.24. The molecule has 7 heteroatoms. The summed E-state index contributed by atoms with van der Waals surface area (Å²) in [4.78, 5) is 15.8. The molecule has 26 heavy (non-hydrogen) atoms. The van der Waals surface area contributed by atoms with Gasteiger partial charge in [-0.3, -0.25) is 9.48 Å². The summed E-state index contributed by atoms with van der Waals surface area (Å²) in [6.45, 7) is 2.73. The zero-order chi connectivity index (χ0) is 18.1. The molecule has 1 aromatic carbocycles. The van der Waals surface area contributed by atoms with Crippen molar-refractivity contribution in [3.05, 3.63) is 58.9 Å². The molecule has 1 amide bonds. The lowest BCUT2D eigenvalue weighted by molar-refractivity contribution is -0.117. The number of benzene rings is 1. The minimum Gasteiger partial charge on any atom is -0.369 e. The summed E-state index contributed by atoms with van der Waals surface area (Å²) >= 11 is 0. The monoisotopic (exact) mass is 350 g/mol. The predicted octanol–water partition coefficient (Wildman–Crippen LogP) is 1.53. The maximum absolute atomic E-state index is 11.3. The van der Waals surface area contributed by atoms with E-state index in [2.05, 4.69) is 33.4 Å². The number of fused-ring (bicyclic) bond motifs is 1. The molecule has 134 valence electrons. The molecule has 0 atom stereocenters. The van der Waals surface area contributed by atoms with Crippen molar-refractivity contribution in [2.45, 2.75) is 45.6 Å². The highest BCUT2D eigenvalue weighted by Crippen LogP contribution is 2.24. The summed E-state index contributed by atoms with van der Waals surface area (Å²) < 4.78 is 3.78. The van der Waals surface area contributed by atoms with Gasteiger partial charge in [-0.15, -0.1) is 0 Å². The summed E-state index contributed by atoms with van der Waals surface area (Å²) in [6, 6.07) is 8.42. The third-order valence-electron chi connectivity index (χ3n) is 4.85. The van der Waals surface area contributed by atoms with Crippen LogP contribution in [0.4, 0.5) is 0 Å². The Morgan fingerprint density at radius 3 is 2.85 bits per heavy atom. The van der Waals surface area contributed by atoms with Crippen molar-refractivity contribution >= 4 is 5.91 Å². The van der Waals surface area contributed by atoms with Crippen LogP contribution in [0.3, 0.4) is 0 Å². The van der Waals surface area contributed by atoms with E-state index in [9.17, 15) is 4.79 Å². The third-order valence-corrected chi connectivity index (χ3v) is 4.85. The lowest BCUT2D eigenvalue weighted by Crippen LogP contribution is -2.14. The van der Waals surface area contributed by atoms with Gasteiger partial charge < -0.3 is 5.73 Å². The molecule has 7 nitrogen and oxygen atoms in total. The van der Waals surface area contributed by atoms with Crippen molar-refractivity contribution in [3.8, 4) is 5.69 Å². The van der Waals surface area contributed by atoms with Gasteiger partial charge in [0.2, 0.25) is 5.91 Å². The van der Waals surface area contributed by atoms with Gasteiger partial charge in [0.25, 0.3) is 0 Å².